The van der Waals surface area contributed by atoms with Gasteiger partial charge in [0.1, 0.15) is 6.04 Å². The van der Waals surface area contributed by atoms with Gasteiger partial charge in [-0.1, -0.05) is 0 Å². The molecular formula is C13H15N5O3. The standard InChI is InChI=1S/C13H15N5O3/c1-8-11(21-7-15-8)13(20)17-5-9-3-4-16-18(9)10(6-17)12(19)14-2/h3-4,7,10H,5-6H2,1-2H3,(H,14,19)/t10-/m0/s1. The highest BCUT2D eigenvalue weighted by Gasteiger charge is 2.34. The van der Waals surface area contributed by atoms with Crippen LogP contribution in [0.2, 0.25) is 0 Å². The molecule has 0 fully saturated rings. The Morgan fingerprint density at radius 1 is 1.48 bits per heavy atom. The molecule has 8 heteroatoms. The van der Waals surface area contributed by atoms with Crippen LogP contribution in [-0.4, -0.2) is 45.1 Å². The summed E-state index contributed by atoms with van der Waals surface area (Å²) in [6.07, 6.45) is 2.87. The minimum Gasteiger partial charge on any atom is -0.438 e. The van der Waals surface area contributed by atoms with E-state index in [0.717, 1.165) is 5.69 Å². The Morgan fingerprint density at radius 2 is 2.29 bits per heavy atom. The highest BCUT2D eigenvalue weighted by atomic mass is 16.3. The van der Waals surface area contributed by atoms with Crippen LogP contribution >= 0.6 is 0 Å². The van der Waals surface area contributed by atoms with Crippen LogP contribution in [0.25, 0.3) is 0 Å². The second kappa shape index (κ2) is 5.04. The molecule has 0 bridgehead atoms. The van der Waals surface area contributed by atoms with Crippen molar-refractivity contribution < 1.29 is 14.0 Å². The van der Waals surface area contributed by atoms with Crippen molar-refractivity contribution in [3.63, 3.8) is 0 Å². The molecule has 110 valence electrons. The Kier molecular flexibility index (Phi) is 3.20. The number of carbonyl (C=O) groups excluding carboxylic acids is 2. The number of amides is 2. The van der Waals surface area contributed by atoms with Crippen molar-refractivity contribution in [2.75, 3.05) is 13.6 Å². The van der Waals surface area contributed by atoms with Crippen LogP contribution in [0.3, 0.4) is 0 Å². The third kappa shape index (κ3) is 2.18. The average molecular weight is 289 g/mol. The summed E-state index contributed by atoms with van der Waals surface area (Å²) in [5.74, 6) is -0.253. The maximum Gasteiger partial charge on any atom is 0.292 e. The number of carbonyl (C=O) groups is 2. The van der Waals surface area contributed by atoms with Crippen molar-refractivity contribution in [2.24, 2.45) is 0 Å². The summed E-state index contributed by atoms with van der Waals surface area (Å²) in [5.41, 5.74) is 1.34. The SMILES string of the molecule is CNC(=O)[C@@H]1CN(C(=O)c2ocnc2C)Cc2ccnn21. The zero-order valence-electron chi connectivity index (χ0n) is 11.7. The minimum absolute atomic E-state index is 0.188. The van der Waals surface area contributed by atoms with Crippen molar-refractivity contribution in [1.29, 1.82) is 0 Å². The summed E-state index contributed by atoms with van der Waals surface area (Å²) in [6.45, 7) is 2.33. The van der Waals surface area contributed by atoms with Gasteiger partial charge in [-0.15, -0.1) is 0 Å². The van der Waals surface area contributed by atoms with Gasteiger partial charge < -0.3 is 14.6 Å². The van der Waals surface area contributed by atoms with Crippen molar-refractivity contribution >= 4 is 11.8 Å². The van der Waals surface area contributed by atoms with Crippen LogP contribution in [0, 0.1) is 6.92 Å². The molecule has 3 rings (SSSR count). The maximum atomic E-state index is 12.5. The van der Waals surface area contributed by atoms with Gasteiger partial charge in [0, 0.05) is 13.2 Å². The molecule has 2 aromatic heterocycles. The Bertz CT molecular complexity index is 690. The van der Waals surface area contributed by atoms with Gasteiger partial charge in [0.25, 0.3) is 5.91 Å². The Balaban J connectivity index is 1.91. The molecule has 1 aliphatic rings. The smallest absolute Gasteiger partial charge is 0.292 e. The van der Waals surface area contributed by atoms with E-state index in [9.17, 15) is 9.59 Å². The Morgan fingerprint density at radius 3 is 2.95 bits per heavy atom. The van der Waals surface area contributed by atoms with E-state index >= 15 is 0 Å². The second-order valence-electron chi connectivity index (χ2n) is 4.85. The van der Waals surface area contributed by atoms with Gasteiger partial charge in [-0.05, 0) is 13.0 Å². The predicted octanol–water partition coefficient (Wildman–Crippen LogP) is 0.123. The molecule has 0 saturated carbocycles. The fraction of sp³-hybridized carbons (Fsp3) is 0.385. The number of nitrogens with zero attached hydrogens (tertiary/aromatic N) is 4. The molecule has 2 aromatic rings. The average Bonchev–Trinajstić information content (AvgIpc) is 3.12. The topological polar surface area (TPSA) is 93.3 Å². The highest BCUT2D eigenvalue weighted by Crippen LogP contribution is 2.22. The van der Waals surface area contributed by atoms with Gasteiger partial charge in [-0.25, -0.2) is 4.98 Å². The maximum absolute atomic E-state index is 12.5. The number of rotatable bonds is 2. The molecule has 0 saturated heterocycles. The van der Waals surface area contributed by atoms with E-state index in [2.05, 4.69) is 15.4 Å². The Labute approximate surface area is 120 Å². The van der Waals surface area contributed by atoms with E-state index in [0.29, 0.717) is 12.2 Å². The first-order valence-corrected chi connectivity index (χ1v) is 6.55. The first-order chi connectivity index (χ1) is 10.1. The normalized spacial score (nSPS) is 17.4. The summed E-state index contributed by atoms with van der Waals surface area (Å²) in [4.78, 5) is 30.0. The van der Waals surface area contributed by atoms with Crippen LogP contribution < -0.4 is 5.32 Å². The lowest BCUT2D eigenvalue weighted by atomic mass is 10.1. The van der Waals surface area contributed by atoms with Gasteiger partial charge in [0.05, 0.1) is 24.5 Å². The van der Waals surface area contributed by atoms with Gasteiger partial charge >= 0.3 is 0 Å². The van der Waals surface area contributed by atoms with Crippen LogP contribution in [0.4, 0.5) is 0 Å². The summed E-state index contributed by atoms with van der Waals surface area (Å²) >= 11 is 0. The lowest BCUT2D eigenvalue weighted by Gasteiger charge is -2.32. The molecule has 0 aliphatic carbocycles. The van der Waals surface area contributed by atoms with Crippen molar-refractivity contribution in [3.05, 3.63) is 35.8 Å². The molecule has 0 spiro atoms. The number of hydrogen-bond donors (Lipinski definition) is 1. The second-order valence-corrected chi connectivity index (χ2v) is 4.85. The molecule has 1 aliphatic heterocycles. The van der Waals surface area contributed by atoms with Crippen LogP contribution in [0.15, 0.2) is 23.1 Å². The van der Waals surface area contributed by atoms with Crippen molar-refractivity contribution in [3.8, 4) is 0 Å². The third-order valence-electron chi connectivity index (χ3n) is 3.57. The minimum atomic E-state index is -0.541. The molecule has 21 heavy (non-hydrogen) atoms. The summed E-state index contributed by atoms with van der Waals surface area (Å²) in [6, 6.07) is 1.25. The number of nitrogens with one attached hydrogen (secondary N) is 1. The van der Waals surface area contributed by atoms with Crippen LogP contribution in [0.5, 0.6) is 0 Å². The largest absolute Gasteiger partial charge is 0.438 e. The zero-order chi connectivity index (χ0) is 15.0. The molecule has 0 aromatic carbocycles. The number of aryl methyl sites for hydroxylation is 1. The molecule has 2 amide bonds. The number of likely N-dealkylation sites (N-methyl/N-ethyl adjacent to an activating group) is 1. The number of hydrogen-bond acceptors (Lipinski definition) is 5. The van der Waals surface area contributed by atoms with Crippen LogP contribution in [-0.2, 0) is 11.3 Å². The molecule has 1 N–H and O–H groups in total. The molecule has 8 nitrogen and oxygen atoms in total. The Hall–Kier alpha value is -2.64. The molecule has 1 atom stereocenters. The first-order valence-electron chi connectivity index (χ1n) is 6.55. The zero-order valence-corrected chi connectivity index (χ0v) is 11.7. The quantitative estimate of drug-likeness (QED) is 0.847. The summed E-state index contributed by atoms with van der Waals surface area (Å²) < 4.78 is 6.79. The monoisotopic (exact) mass is 289 g/mol. The van der Waals surface area contributed by atoms with Gasteiger partial charge in [-0.2, -0.15) is 5.10 Å². The van der Waals surface area contributed by atoms with Gasteiger partial charge in [0.2, 0.25) is 11.7 Å². The van der Waals surface area contributed by atoms with Gasteiger partial charge in [0.15, 0.2) is 6.39 Å². The number of oxazole rings is 1. The lowest BCUT2D eigenvalue weighted by molar-refractivity contribution is -0.125. The van der Waals surface area contributed by atoms with E-state index in [-0.39, 0.29) is 24.1 Å². The number of aromatic nitrogens is 3. The molecule has 0 unspecified atom stereocenters. The summed E-state index contributed by atoms with van der Waals surface area (Å²) in [5, 5.41) is 6.76. The fourth-order valence-electron chi connectivity index (χ4n) is 2.46. The summed E-state index contributed by atoms with van der Waals surface area (Å²) in [7, 11) is 1.56. The molecule has 0 radical (unpaired) electrons. The first kappa shape index (κ1) is 13.3. The lowest BCUT2D eigenvalue weighted by Crippen LogP contribution is -2.46. The van der Waals surface area contributed by atoms with E-state index in [1.807, 2.05) is 0 Å². The fourth-order valence-corrected chi connectivity index (χ4v) is 2.46. The third-order valence-corrected chi connectivity index (χ3v) is 3.57. The van der Waals surface area contributed by atoms with Crippen molar-refractivity contribution in [1.82, 2.24) is 25.0 Å². The van der Waals surface area contributed by atoms with Crippen molar-refractivity contribution in [2.45, 2.75) is 19.5 Å². The van der Waals surface area contributed by atoms with E-state index < -0.39 is 6.04 Å². The van der Waals surface area contributed by atoms with Crippen LogP contribution in [0.1, 0.15) is 28.0 Å². The van der Waals surface area contributed by atoms with E-state index in [1.54, 1.807) is 35.8 Å². The van der Waals surface area contributed by atoms with E-state index in [1.165, 1.54) is 6.39 Å². The number of fused-ring (bicyclic) bond motifs is 1. The molecular weight excluding hydrogens is 274 g/mol. The van der Waals surface area contributed by atoms with E-state index in [4.69, 9.17) is 4.42 Å². The van der Waals surface area contributed by atoms with Gasteiger partial charge in [-0.3, -0.25) is 14.3 Å². The molecule has 3 heterocycles. The highest BCUT2D eigenvalue weighted by molar-refractivity contribution is 5.93. The predicted molar refractivity (Wildman–Crippen MR) is 71.3 cm³/mol.